The van der Waals surface area contributed by atoms with Crippen LogP contribution >= 0.6 is 24.0 Å². The Bertz CT molecular complexity index is 1600. The van der Waals surface area contributed by atoms with Crippen LogP contribution in [-0.4, -0.2) is 29.4 Å². The first kappa shape index (κ1) is 27.3. The molecular weight excluding hydrogens is 533 g/mol. The number of hydrogen-bond acceptors (Lipinski definition) is 6. The smallest absolute Gasteiger partial charge is 0.231 e. The molecule has 1 atom stereocenters. The van der Waals surface area contributed by atoms with Crippen molar-refractivity contribution in [2.75, 3.05) is 11.0 Å². The highest BCUT2D eigenvalue weighted by Crippen LogP contribution is 2.39. The number of anilines is 1. The van der Waals surface area contributed by atoms with Gasteiger partial charge in [0, 0.05) is 30.4 Å². The molecule has 0 saturated carbocycles. The molecule has 3 N–H and O–H groups in total. The van der Waals surface area contributed by atoms with Crippen molar-refractivity contribution in [3.8, 4) is 17.2 Å². The molecule has 2 aromatic heterocycles. The van der Waals surface area contributed by atoms with E-state index >= 15 is 0 Å². The van der Waals surface area contributed by atoms with Crippen molar-refractivity contribution in [2.24, 2.45) is 12.8 Å². The van der Waals surface area contributed by atoms with Crippen LogP contribution in [0.1, 0.15) is 22.9 Å². The number of nitrogens with one attached hydrogen (secondary N) is 1. The fourth-order valence-electron chi connectivity index (χ4n) is 3.97. The van der Waals surface area contributed by atoms with E-state index < -0.39 is 27.7 Å². The molecule has 0 aliphatic carbocycles. The van der Waals surface area contributed by atoms with E-state index in [4.69, 9.17) is 17.3 Å². The van der Waals surface area contributed by atoms with Gasteiger partial charge < -0.3 is 5.73 Å². The van der Waals surface area contributed by atoms with Crippen LogP contribution in [0.4, 0.5) is 14.6 Å². The van der Waals surface area contributed by atoms with Gasteiger partial charge in [-0.05, 0) is 36.2 Å². The molecule has 36 heavy (non-hydrogen) atoms. The lowest BCUT2D eigenvalue weighted by Gasteiger charge is -2.17. The number of nitrogens with two attached hydrogens (primary N) is 1. The molecule has 4 aromatic rings. The fourth-order valence-corrected chi connectivity index (χ4v) is 4.71. The Morgan fingerprint density at radius 3 is 2.47 bits per heavy atom. The van der Waals surface area contributed by atoms with Gasteiger partial charge in [0.25, 0.3) is 0 Å². The molecule has 0 bridgehead atoms. The second-order valence-corrected chi connectivity index (χ2v) is 10.2. The zero-order valence-electron chi connectivity index (χ0n) is 19.0. The normalized spacial score (nSPS) is 12.1. The molecule has 188 valence electrons. The van der Waals surface area contributed by atoms with Gasteiger partial charge in [0.05, 0.1) is 39.5 Å². The summed E-state index contributed by atoms with van der Waals surface area (Å²) in [5, 5.41) is 14.3. The highest BCUT2D eigenvalue weighted by molar-refractivity contribution is 7.92. The highest BCUT2D eigenvalue weighted by Gasteiger charge is 2.23. The highest BCUT2D eigenvalue weighted by atomic mass is 35.5. The number of pyridine rings is 1. The topological polar surface area (TPSA) is 127 Å². The van der Waals surface area contributed by atoms with Gasteiger partial charge in [-0.3, -0.25) is 14.4 Å². The third-order valence-electron chi connectivity index (χ3n) is 5.29. The lowest BCUT2D eigenvalue weighted by Crippen LogP contribution is -2.17. The standard InChI is InChI=1S/C23H19ClF2N6O2S.ClH/c1-32-22-16(3-4-18(24)20(22)23(30-32)31-35(2,33)34)17-7-13(10-27)11-29-21(17)19(28)8-12-5-14(25)9-15(26)6-12;/h3-7,9,11,19H,8,28H2,1-2H3,(H,30,31);1H. The lowest BCUT2D eigenvalue weighted by molar-refractivity contribution is 0.575. The molecule has 0 aliphatic heterocycles. The minimum atomic E-state index is -3.64. The van der Waals surface area contributed by atoms with Crippen molar-refractivity contribution >= 4 is 50.8 Å². The molecule has 2 aromatic carbocycles. The first-order valence-electron chi connectivity index (χ1n) is 10.2. The van der Waals surface area contributed by atoms with Crippen LogP contribution < -0.4 is 10.5 Å². The van der Waals surface area contributed by atoms with Crippen LogP contribution in [0, 0.1) is 23.0 Å². The average molecular weight is 553 g/mol. The summed E-state index contributed by atoms with van der Waals surface area (Å²) in [6.45, 7) is 0. The number of halogens is 4. The summed E-state index contributed by atoms with van der Waals surface area (Å²) in [6.07, 6.45) is 2.43. The van der Waals surface area contributed by atoms with E-state index in [9.17, 15) is 22.5 Å². The Kier molecular flexibility index (Phi) is 7.85. The summed E-state index contributed by atoms with van der Waals surface area (Å²) in [4.78, 5) is 4.38. The average Bonchev–Trinajstić information content (AvgIpc) is 3.08. The molecule has 0 spiro atoms. The van der Waals surface area contributed by atoms with Crippen molar-refractivity contribution in [1.82, 2.24) is 14.8 Å². The van der Waals surface area contributed by atoms with Gasteiger partial charge in [-0.25, -0.2) is 17.2 Å². The second-order valence-electron chi connectivity index (χ2n) is 8.02. The maximum Gasteiger partial charge on any atom is 0.231 e. The number of aryl methyl sites for hydroxylation is 1. The Morgan fingerprint density at radius 2 is 1.86 bits per heavy atom. The molecule has 0 aliphatic rings. The van der Waals surface area contributed by atoms with Gasteiger partial charge in [-0.15, -0.1) is 12.4 Å². The molecule has 4 rings (SSSR count). The van der Waals surface area contributed by atoms with Gasteiger partial charge in [0.15, 0.2) is 5.82 Å². The molecule has 0 fully saturated rings. The Morgan fingerprint density at radius 1 is 1.19 bits per heavy atom. The van der Waals surface area contributed by atoms with E-state index in [1.165, 1.54) is 23.0 Å². The van der Waals surface area contributed by atoms with Crippen molar-refractivity contribution in [3.63, 3.8) is 0 Å². The van der Waals surface area contributed by atoms with Gasteiger partial charge in [0.1, 0.15) is 17.7 Å². The number of sulfonamides is 1. The number of benzene rings is 2. The fraction of sp³-hybridized carbons (Fsp3) is 0.174. The van der Waals surface area contributed by atoms with Crippen LogP contribution in [0.3, 0.4) is 0 Å². The summed E-state index contributed by atoms with van der Waals surface area (Å²) in [7, 11) is -2.03. The predicted molar refractivity (Wildman–Crippen MR) is 136 cm³/mol. The van der Waals surface area contributed by atoms with Crippen LogP contribution in [0.5, 0.6) is 0 Å². The third-order valence-corrected chi connectivity index (χ3v) is 6.17. The molecule has 0 radical (unpaired) electrons. The van der Waals surface area contributed by atoms with E-state index in [1.807, 2.05) is 6.07 Å². The minimum Gasteiger partial charge on any atom is -0.322 e. The summed E-state index contributed by atoms with van der Waals surface area (Å²) in [5.74, 6) is -1.40. The van der Waals surface area contributed by atoms with E-state index in [0.717, 1.165) is 12.3 Å². The molecule has 13 heteroatoms. The number of hydrogen-bond donors (Lipinski definition) is 2. The first-order valence-corrected chi connectivity index (χ1v) is 12.5. The van der Waals surface area contributed by atoms with Gasteiger partial charge in [-0.2, -0.15) is 10.4 Å². The summed E-state index contributed by atoms with van der Waals surface area (Å²) in [6, 6.07) is 9.26. The number of nitrogens with zero attached hydrogens (tertiary/aromatic N) is 4. The number of aromatic nitrogens is 3. The van der Waals surface area contributed by atoms with Crippen molar-refractivity contribution in [1.29, 1.82) is 5.26 Å². The second kappa shape index (κ2) is 10.4. The Labute approximate surface area is 217 Å². The number of nitriles is 1. The third kappa shape index (κ3) is 5.57. The van der Waals surface area contributed by atoms with Gasteiger partial charge in [-0.1, -0.05) is 17.7 Å². The van der Waals surface area contributed by atoms with Gasteiger partial charge in [0.2, 0.25) is 10.0 Å². The quantitative estimate of drug-likeness (QED) is 0.363. The molecule has 1 unspecified atom stereocenters. The van der Waals surface area contributed by atoms with Crippen LogP contribution in [0.15, 0.2) is 42.6 Å². The molecular formula is C23H20Cl2F2N6O2S. The zero-order valence-corrected chi connectivity index (χ0v) is 21.3. The van der Waals surface area contributed by atoms with Crippen molar-refractivity contribution in [2.45, 2.75) is 12.5 Å². The Hall–Kier alpha value is -3.30. The SMILES string of the molecule is Cl.Cn1nc(NS(C)(=O)=O)c2c(Cl)ccc(-c3cc(C#N)cnc3C(N)Cc3cc(F)cc(F)c3)c21. The predicted octanol–water partition coefficient (Wildman–Crippen LogP) is 4.47. The monoisotopic (exact) mass is 552 g/mol. The maximum atomic E-state index is 13.7. The van der Waals surface area contributed by atoms with Gasteiger partial charge >= 0.3 is 0 Å². The van der Waals surface area contributed by atoms with Crippen LogP contribution in [0.25, 0.3) is 22.0 Å². The van der Waals surface area contributed by atoms with Crippen molar-refractivity contribution < 1.29 is 17.2 Å². The summed E-state index contributed by atoms with van der Waals surface area (Å²) < 4.78 is 54.9. The molecule has 0 saturated heterocycles. The first-order chi connectivity index (χ1) is 16.5. The molecule has 8 nitrogen and oxygen atoms in total. The largest absolute Gasteiger partial charge is 0.322 e. The van der Waals surface area contributed by atoms with Crippen LogP contribution in [-0.2, 0) is 23.5 Å². The number of fused-ring (bicyclic) bond motifs is 1. The minimum absolute atomic E-state index is 0. The zero-order chi connectivity index (χ0) is 25.5. The molecule has 0 amide bonds. The Balaban J connectivity index is 0.00000361. The van der Waals surface area contributed by atoms with Crippen LogP contribution in [0.2, 0.25) is 5.02 Å². The maximum absolute atomic E-state index is 13.7. The van der Waals surface area contributed by atoms with E-state index in [2.05, 4.69) is 14.8 Å². The summed E-state index contributed by atoms with van der Waals surface area (Å²) >= 11 is 6.41. The van der Waals surface area contributed by atoms with E-state index in [1.54, 1.807) is 25.2 Å². The lowest BCUT2D eigenvalue weighted by atomic mass is 9.94. The van der Waals surface area contributed by atoms with Crippen molar-refractivity contribution in [3.05, 3.63) is 76.1 Å². The number of rotatable bonds is 6. The van der Waals surface area contributed by atoms with E-state index in [0.29, 0.717) is 33.3 Å². The van der Waals surface area contributed by atoms with E-state index in [-0.39, 0.29) is 35.2 Å². The summed E-state index contributed by atoms with van der Waals surface area (Å²) in [5.41, 5.74) is 8.89. The molecule has 2 heterocycles.